The molecule has 3 aromatic carbocycles. The van der Waals surface area contributed by atoms with Gasteiger partial charge in [0.15, 0.2) is 0 Å². The van der Waals surface area contributed by atoms with E-state index in [1.54, 1.807) is 10.7 Å². The van der Waals surface area contributed by atoms with Crippen LogP contribution in [0.25, 0.3) is 0 Å². The molecule has 3 fully saturated rings. The zero-order chi connectivity index (χ0) is 31.8. The summed E-state index contributed by atoms with van der Waals surface area (Å²) < 4.78 is 6.23. The molecule has 3 saturated carbocycles. The molecule has 4 aliphatic rings. The van der Waals surface area contributed by atoms with Gasteiger partial charge in [0, 0.05) is 0 Å². The summed E-state index contributed by atoms with van der Waals surface area (Å²) in [7, 11) is 0. The minimum absolute atomic E-state index is 0.530. The Bertz CT molecular complexity index is 1360. The van der Waals surface area contributed by atoms with Crippen LogP contribution in [0.3, 0.4) is 0 Å². The predicted molar refractivity (Wildman–Crippen MR) is 201 cm³/mol. The zero-order valence-corrected chi connectivity index (χ0v) is 32.2. The van der Waals surface area contributed by atoms with Crippen LogP contribution < -0.4 is 10.7 Å². The first-order valence-electron chi connectivity index (χ1n) is 19.2. The second-order valence-corrected chi connectivity index (χ2v) is 28.2. The molecule has 1 heteroatoms. The Balaban J connectivity index is 1.04. The van der Waals surface area contributed by atoms with Gasteiger partial charge in [-0.2, -0.15) is 0 Å². The summed E-state index contributed by atoms with van der Waals surface area (Å²) >= 11 is -3.20. The molecule has 0 heterocycles. The molecule has 7 rings (SSSR count). The van der Waals surface area contributed by atoms with Crippen LogP contribution in [-0.2, 0) is 0 Å². The molecule has 46 heavy (non-hydrogen) atoms. The van der Waals surface area contributed by atoms with Crippen molar-refractivity contribution >= 4 is 29.1 Å². The van der Waals surface area contributed by atoms with Gasteiger partial charge in [-0.25, -0.2) is 0 Å². The van der Waals surface area contributed by atoms with Crippen molar-refractivity contribution in [2.75, 3.05) is 0 Å². The van der Waals surface area contributed by atoms with Crippen LogP contribution in [-0.4, -0.2) is 18.4 Å². The third kappa shape index (κ3) is 5.79. The average Bonchev–Trinajstić information content (AvgIpc) is 3.45. The molecule has 0 N–H and O–H groups in total. The fourth-order valence-corrected chi connectivity index (χ4v) is 27.3. The molecule has 0 saturated heterocycles. The van der Waals surface area contributed by atoms with Crippen molar-refractivity contribution in [2.24, 2.45) is 46.3 Å². The quantitative estimate of drug-likeness (QED) is 0.145. The van der Waals surface area contributed by atoms with Crippen molar-refractivity contribution in [3.63, 3.8) is 0 Å². The first-order chi connectivity index (χ1) is 22.4. The number of hydrogen-bond donors (Lipinski definition) is 0. The van der Waals surface area contributed by atoms with Gasteiger partial charge in [-0.15, -0.1) is 0 Å². The Labute approximate surface area is 285 Å². The molecule has 0 amide bonds. The Hall–Kier alpha value is -1.80. The minimum atomic E-state index is -3.20. The van der Waals surface area contributed by atoms with Crippen molar-refractivity contribution < 1.29 is 0 Å². The van der Waals surface area contributed by atoms with E-state index in [2.05, 4.69) is 125 Å². The Morgan fingerprint density at radius 2 is 1.30 bits per heavy atom. The summed E-state index contributed by atoms with van der Waals surface area (Å²) in [5.41, 5.74) is 2.96. The van der Waals surface area contributed by atoms with Gasteiger partial charge in [0.2, 0.25) is 0 Å². The van der Waals surface area contributed by atoms with Gasteiger partial charge in [-0.1, -0.05) is 18.9 Å². The SMILES string of the molecule is CC(CCC[C@@H](C)[C@H]1CC[C@H]2[C@@H]3CC=C4CCCC[C@]4(C)[C@H]3CC[C@]12C)[CH2][Sn]([c]1ccccc1)([c]1ccccc1)[c]1ccccc1. The van der Waals surface area contributed by atoms with Gasteiger partial charge < -0.3 is 0 Å². The van der Waals surface area contributed by atoms with Crippen molar-refractivity contribution in [3.8, 4) is 0 Å². The van der Waals surface area contributed by atoms with E-state index in [4.69, 9.17) is 0 Å². The monoisotopic (exact) mass is 720 g/mol. The van der Waals surface area contributed by atoms with Crippen LogP contribution in [0, 0.1) is 46.3 Å². The molecule has 8 atom stereocenters. The molecule has 4 aliphatic carbocycles. The predicted octanol–water partition coefficient (Wildman–Crippen LogP) is 10.6. The molecule has 244 valence electrons. The summed E-state index contributed by atoms with van der Waals surface area (Å²) in [6.07, 6.45) is 20.1. The van der Waals surface area contributed by atoms with Crippen LogP contribution in [0.4, 0.5) is 0 Å². The van der Waals surface area contributed by atoms with E-state index in [0.717, 1.165) is 35.5 Å². The van der Waals surface area contributed by atoms with Crippen LogP contribution in [0.15, 0.2) is 103 Å². The summed E-state index contributed by atoms with van der Waals surface area (Å²) in [5.74, 6) is 5.39. The van der Waals surface area contributed by atoms with Crippen LogP contribution >= 0.6 is 0 Å². The Kier molecular flexibility index (Phi) is 9.68. The number of fused-ring (bicyclic) bond motifs is 5. The number of allylic oxidation sites excluding steroid dienone is 2. The molecule has 0 radical (unpaired) electrons. The van der Waals surface area contributed by atoms with Gasteiger partial charge in [-0.05, 0) is 19.3 Å². The number of rotatable bonds is 10. The third-order valence-corrected chi connectivity index (χ3v) is 29.6. The topological polar surface area (TPSA) is 0 Å². The number of hydrogen-bond acceptors (Lipinski definition) is 0. The Morgan fingerprint density at radius 1 is 0.696 bits per heavy atom. The fourth-order valence-electron chi connectivity index (χ4n) is 12.3. The van der Waals surface area contributed by atoms with Gasteiger partial charge in [0.25, 0.3) is 0 Å². The van der Waals surface area contributed by atoms with Crippen LogP contribution in [0.1, 0.15) is 105 Å². The van der Waals surface area contributed by atoms with Gasteiger partial charge in [-0.3, -0.25) is 0 Å². The average molecular weight is 720 g/mol. The van der Waals surface area contributed by atoms with Crippen molar-refractivity contribution in [1.82, 2.24) is 0 Å². The van der Waals surface area contributed by atoms with Gasteiger partial charge >= 0.3 is 249 Å². The molecule has 1 unspecified atom stereocenters. The molecule has 0 aliphatic heterocycles. The van der Waals surface area contributed by atoms with E-state index in [0.29, 0.717) is 10.8 Å². The summed E-state index contributed by atoms with van der Waals surface area (Å²) in [4.78, 5) is 0. The molecule has 0 aromatic heterocycles. The first kappa shape index (κ1) is 32.7. The summed E-state index contributed by atoms with van der Waals surface area (Å²) in [6, 6.07) is 35.0. The van der Waals surface area contributed by atoms with E-state index in [1.165, 1.54) is 81.5 Å². The molecule has 0 nitrogen and oxygen atoms in total. The van der Waals surface area contributed by atoms with E-state index >= 15 is 0 Å². The molecular formula is C45H60Sn. The molecule has 0 bridgehead atoms. The van der Waals surface area contributed by atoms with E-state index in [-0.39, 0.29) is 0 Å². The maximum atomic E-state index is 2.76. The van der Waals surface area contributed by atoms with Crippen molar-refractivity contribution in [2.45, 2.75) is 109 Å². The van der Waals surface area contributed by atoms with Crippen molar-refractivity contribution in [1.29, 1.82) is 0 Å². The Morgan fingerprint density at radius 3 is 1.91 bits per heavy atom. The normalized spacial score (nSPS) is 32.0. The first-order valence-corrected chi connectivity index (χ1v) is 25.5. The van der Waals surface area contributed by atoms with Crippen LogP contribution in [0.5, 0.6) is 0 Å². The summed E-state index contributed by atoms with van der Waals surface area (Å²) in [6.45, 7) is 10.7. The van der Waals surface area contributed by atoms with E-state index < -0.39 is 18.4 Å². The maximum absolute atomic E-state index is 3.20. The zero-order valence-electron chi connectivity index (χ0n) is 29.4. The fraction of sp³-hybridized carbons (Fsp3) is 0.556. The van der Waals surface area contributed by atoms with E-state index in [9.17, 15) is 0 Å². The standard InChI is InChI=1S/C27H45.3C6H5.Sn/c1-19(2)9-8-10-20(3)23-14-15-24-22-13-12-21-11-6-7-17-26(21,4)25(22)16-18-27(23,24)5;3*1-2-4-6-5-3-1;/h12,19-20,22-25H,1,6-11,13-18H2,2-5H3;3*1-5H;/t19?,20-,22+,23-,24+,25+,26+,27-;;;;/m1..../s1. The second kappa shape index (κ2) is 13.6. The van der Waals surface area contributed by atoms with E-state index in [1.807, 2.05) is 5.57 Å². The van der Waals surface area contributed by atoms with Crippen molar-refractivity contribution in [3.05, 3.63) is 103 Å². The molecular weight excluding hydrogens is 659 g/mol. The number of benzene rings is 3. The third-order valence-electron chi connectivity index (χ3n) is 14.6. The second-order valence-electron chi connectivity index (χ2n) is 16.9. The van der Waals surface area contributed by atoms with Crippen LogP contribution in [0.2, 0.25) is 4.44 Å². The van der Waals surface area contributed by atoms with Gasteiger partial charge in [0.1, 0.15) is 0 Å². The summed E-state index contributed by atoms with van der Waals surface area (Å²) in [5, 5.41) is 0. The molecule has 0 spiro atoms. The molecule has 3 aromatic rings. The van der Waals surface area contributed by atoms with Gasteiger partial charge in [0.05, 0.1) is 0 Å².